The zero-order valence-electron chi connectivity index (χ0n) is 27.5. The molecule has 0 aliphatic carbocycles. The molecular formula is C37H45NO10. The molecule has 1 saturated heterocycles. The molecule has 0 saturated carbocycles. The van der Waals surface area contributed by atoms with Crippen molar-refractivity contribution in [2.75, 3.05) is 6.61 Å². The Morgan fingerprint density at radius 2 is 1.92 bits per heavy atom. The number of hydrogen-bond donors (Lipinski definition) is 1. The molecule has 9 atom stereocenters. The maximum Gasteiger partial charge on any atom is 0.338 e. The molecule has 2 bridgehead atoms. The number of rotatable bonds is 6. The van der Waals surface area contributed by atoms with Crippen LogP contribution in [0, 0.1) is 16.0 Å². The molecule has 0 radical (unpaired) electrons. The van der Waals surface area contributed by atoms with Gasteiger partial charge >= 0.3 is 11.9 Å². The summed E-state index contributed by atoms with van der Waals surface area (Å²) in [6.45, 7) is 8.95. The van der Waals surface area contributed by atoms with Crippen molar-refractivity contribution in [2.45, 2.75) is 108 Å². The normalized spacial score (nSPS) is 32.3. The van der Waals surface area contributed by atoms with E-state index in [9.17, 15) is 24.8 Å². The summed E-state index contributed by atoms with van der Waals surface area (Å²) in [6.07, 6.45) is 12.4. The maximum atomic E-state index is 13.2. The van der Waals surface area contributed by atoms with Crippen LogP contribution in [0.5, 0.6) is 0 Å². The molecule has 1 aromatic rings. The Bertz CT molecular complexity index is 1450. The Kier molecular flexibility index (Phi) is 12.2. The molecule has 4 heterocycles. The predicted octanol–water partition coefficient (Wildman–Crippen LogP) is 5.88. The average Bonchev–Trinajstić information content (AvgIpc) is 3.82. The molecule has 1 aromatic carbocycles. The lowest BCUT2D eigenvalue weighted by Crippen LogP contribution is -2.33. The van der Waals surface area contributed by atoms with Crippen molar-refractivity contribution in [2.24, 2.45) is 5.92 Å². The first kappa shape index (κ1) is 35.4. The van der Waals surface area contributed by atoms with Gasteiger partial charge in [-0.05, 0) is 57.1 Å². The van der Waals surface area contributed by atoms with E-state index in [1.807, 2.05) is 19.1 Å². The highest BCUT2D eigenvalue weighted by atomic mass is 16.6. The standard InChI is InChI=1S/C37H45NO10/c1-23-16-17-44-29(19-23)14-15-31(39)32-22-34-36(47-34)33(48-37(41)26-10-12-27(13-11-26)38(42)43)21-25(3)18-24(2)20-30-8-4-6-28(45-30)7-5-9-35(40)46-32/h4-6,9-16,24,28-34,36,39H,3,7-8,17-22H2,1-2H3/t24-,28-,29+,30-,31-,32-,33-,34-,36-/m0/s1. The molecule has 0 unspecified atom stereocenters. The van der Waals surface area contributed by atoms with Gasteiger partial charge in [0.15, 0.2) is 0 Å². The fourth-order valence-electron chi connectivity index (χ4n) is 6.46. The van der Waals surface area contributed by atoms with Crippen molar-refractivity contribution in [3.05, 3.63) is 100 Å². The number of cyclic esters (lactones) is 1. The van der Waals surface area contributed by atoms with E-state index in [-0.39, 0.29) is 41.9 Å². The number of carbonyl (C=O) groups is 2. The van der Waals surface area contributed by atoms with Crippen molar-refractivity contribution in [3.63, 3.8) is 0 Å². The Morgan fingerprint density at radius 3 is 2.67 bits per heavy atom. The van der Waals surface area contributed by atoms with Gasteiger partial charge in [-0.25, -0.2) is 9.59 Å². The fraction of sp³-hybridized carbons (Fsp3) is 0.514. The number of nitrogens with zero attached hydrogens (tertiary/aromatic N) is 1. The van der Waals surface area contributed by atoms with Crippen LogP contribution in [-0.2, 0) is 28.5 Å². The van der Waals surface area contributed by atoms with Crippen molar-refractivity contribution in [3.8, 4) is 0 Å². The van der Waals surface area contributed by atoms with Gasteiger partial charge in [-0.15, -0.1) is 0 Å². The van der Waals surface area contributed by atoms with Crippen LogP contribution in [0.4, 0.5) is 5.69 Å². The van der Waals surface area contributed by atoms with Crippen LogP contribution in [-0.4, -0.2) is 77.4 Å². The van der Waals surface area contributed by atoms with Gasteiger partial charge in [-0.2, -0.15) is 0 Å². The summed E-state index contributed by atoms with van der Waals surface area (Å²) >= 11 is 0. The number of aliphatic hydroxyl groups excluding tert-OH is 1. The summed E-state index contributed by atoms with van der Waals surface area (Å²) in [4.78, 5) is 36.7. The number of non-ortho nitro benzene ring substituents is 1. The minimum Gasteiger partial charge on any atom is -0.456 e. The van der Waals surface area contributed by atoms with Crippen LogP contribution in [0.3, 0.4) is 0 Å². The van der Waals surface area contributed by atoms with Crippen molar-refractivity contribution in [1.29, 1.82) is 0 Å². The molecule has 1 N–H and O–H groups in total. The number of benzene rings is 1. The third-order valence-electron chi connectivity index (χ3n) is 8.99. The fourth-order valence-corrected chi connectivity index (χ4v) is 6.46. The summed E-state index contributed by atoms with van der Waals surface area (Å²) in [5.74, 6) is -0.994. The van der Waals surface area contributed by atoms with Crippen molar-refractivity contribution >= 4 is 17.6 Å². The lowest BCUT2D eigenvalue weighted by atomic mass is 9.90. The average molecular weight is 664 g/mol. The Labute approximate surface area is 281 Å². The molecule has 11 nitrogen and oxygen atoms in total. The first-order valence-electron chi connectivity index (χ1n) is 16.6. The van der Waals surface area contributed by atoms with E-state index in [2.05, 4.69) is 19.6 Å². The van der Waals surface area contributed by atoms with Gasteiger partial charge in [0.1, 0.15) is 24.4 Å². The lowest BCUT2D eigenvalue weighted by Gasteiger charge is -2.28. The van der Waals surface area contributed by atoms with Gasteiger partial charge in [-0.3, -0.25) is 10.1 Å². The van der Waals surface area contributed by atoms with Crippen LogP contribution in [0.1, 0.15) is 69.2 Å². The monoisotopic (exact) mass is 663 g/mol. The SMILES string of the molecule is C=C1C[C@H](C)C[C@@H]2CC=C[C@@H](CC=CC(=O)O[C@H]([C@@H](O)C=C[C@@H]3CC(C)=CCO3)C[C@@H]3O[C@H]3[C@@H](OC(=O)c3ccc([N+](=O)[O-])cc3)C1)O2. The smallest absolute Gasteiger partial charge is 0.338 e. The molecule has 1 fully saturated rings. The second kappa shape index (κ2) is 16.5. The second-order valence-electron chi connectivity index (χ2n) is 13.2. The van der Waals surface area contributed by atoms with E-state index >= 15 is 0 Å². The van der Waals surface area contributed by atoms with Crippen molar-refractivity contribution in [1.82, 2.24) is 0 Å². The summed E-state index contributed by atoms with van der Waals surface area (Å²) in [6, 6.07) is 5.22. The molecule has 0 spiro atoms. The molecule has 258 valence electrons. The van der Waals surface area contributed by atoms with E-state index in [1.165, 1.54) is 35.9 Å². The first-order chi connectivity index (χ1) is 23.0. The number of nitro benzene ring substituents is 1. The minimum absolute atomic E-state index is 0.0210. The molecule has 4 aliphatic rings. The van der Waals surface area contributed by atoms with Crippen LogP contribution in [0.25, 0.3) is 0 Å². The van der Waals surface area contributed by atoms with E-state index in [4.69, 9.17) is 23.7 Å². The van der Waals surface area contributed by atoms with Gasteiger partial charge in [-0.1, -0.05) is 61.1 Å². The summed E-state index contributed by atoms with van der Waals surface area (Å²) < 4.78 is 29.8. The molecule has 0 aromatic heterocycles. The molecular weight excluding hydrogens is 618 g/mol. The molecule has 11 heteroatoms. The first-order valence-corrected chi connectivity index (χ1v) is 16.6. The van der Waals surface area contributed by atoms with Gasteiger partial charge < -0.3 is 28.8 Å². The quantitative estimate of drug-likeness (QED) is 0.129. The zero-order valence-corrected chi connectivity index (χ0v) is 27.5. The minimum atomic E-state index is -1.14. The number of epoxide rings is 1. The highest BCUT2D eigenvalue weighted by Gasteiger charge is 2.49. The largest absolute Gasteiger partial charge is 0.456 e. The molecule has 5 rings (SSSR count). The van der Waals surface area contributed by atoms with E-state index in [0.29, 0.717) is 32.3 Å². The van der Waals surface area contributed by atoms with E-state index in [0.717, 1.165) is 18.4 Å². The second-order valence-corrected chi connectivity index (χ2v) is 13.2. The number of carbonyl (C=O) groups excluding carboxylic acids is 2. The third kappa shape index (κ3) is 10.3. The number of fused-ring (bicyclic) bond motifs is 3. The number of hydrogen-bond acceptors (Lipinski definition) is 10. The topological polar surface area (TPSA) is 147 Å². The van der Waals surface area contributed by atoms with Gasteiger partial charge in [0, 0.05) is 31.1 Å². The van der Waals surface area contributed by atoms with Gasteiger partial charge in [0.05, 0.1) is 41.5 Å². The van der Waals surface area contributed by atoms with Crippen molar-refractivity contribution < 1.29 is 43.3 Å². The van der Waals surface area contributed by atoms with E-state index < -0.39 is 47.4 Å². The number of esters is 2. The number of aliphatic hydroxyl groups is 1. The van der Waals surface area contributed by atoms with Crippen LogP contribution in [0.15, 0.2) is 84.5 Å². The predicted molar refractivity (Wildman–Crippen MR) is 177 cm³/mol. The Balaban J connectivity index is 1.35. The Hall–Kier alpha value is -3.90. The Morgan fingerprint density at radius 1 is 1.12 bits per heavy atom. The molecule has 48 heavy (non-hydrogen) atoms. The van der Waals surface area contributed by atoms with Crippen LogP contribution < -0.4 is 0 Å². The molecule has 4 aliphatic heterocycles. The van der Waals surface area contributed by atoms with Crippen LogP contribution in [0.2, 0.25) is 0 Å². The highest BCUT2D eigenvalue weighted by Crippen LogP contribution is 2.37. The summed E-state index contributed by atoms with van der Waals surface area (Å²) in [5, 5.41) is 22.3. The number of nitro groups is 1. The molecule has 0 amide bonds. The van der Waals surface area contributed by atoms with Gasteiger partial charge in [0.25, 0.3) is 5.69 Å². The highest BCUT2D eigenvalue weighted by molar-refractivity contribution is 5.89. The summed E-state index contributed by atoms with van der Waals surface area (Å²) in [7, 11) is 0. The maximum absolute atomic E-state index is 13.2. The number of ether oxygens (including phenoxy) is 5. The third-order valence-corrected chi connectivity index (χ3v) is 8.99. The summed E-state index contributed by atoms with van der Waals surface area (Å²) in [5.41, 5.74) is 2.11. The van der Waals surface area contributed by atoms with E-state index in [1.54, 1.807) is 18.2 Å². The zero-order chi connectivity index (χ0) is 34.2. The van der Waals surface area contributed by atoms with Gasteiger partial charge in [0.2, 0.25) is 0 Å². The van der Waals surface area contributed by atoms with Crippen LogP contribution >= 0.6 is 0 Å². The lowest BCUT2D eigenvalue weighted by molar-refractivity contribution is -0.384.